The number of benzene rings is 3. The summed E-state index contributed by atoms with van der Waals surface area (Å²) in [7, 11) is -18.3. The molecule has 292 valence electrons. The Kier molecular flexibility index (Phi) is 15.5. The Morgan fingerprint density at radius 1 is 0.717 bits per heavy atom. The molecule has 0 spiro atoms. The first kappa shape index (κ1) is 44.0. The standard InChI is InChI=1S/C23H26N6O18S6/c1-13-19(24)21(28-26-14-2-4-15(5-3-14)50(32,33)11-9-43-53(39,40)41)20(25)22(23(13)48-46-44-30)29-27-17-7-6-16(12-18(17)52(36,37)38)51(34,35)10-8-42-49-47-45-31/h2-7,12,30-31H,8-11,24-25H2,1H3,(H,36,37,38)(H,39,40,41)/b28-26+,29-27+. The van der Waals surface area contributed by atoms with E-state index < -0.39 is 80.4 Å². The second-order valence-electron chi connectivity index (χ2n) is 9.62. The highest BCUT2D eigenvalue weighted by atomic mass is 32.3. The summed E-state index contributed by atoms with van der Waals surface area (Å²) >= 11 is 0.449. The highest BCUT2D eigenvalue weighted by Gasteiger charge is 2.25. The van der Waals surface area contributed by atoms with Gasteiger partial charge in [-0.3, -0.25) is 13.3 Å². The number of rotatable bonds is 20. The van der Waals surface area contributed by atoms with E-state index in [2.05, 4.69) is 43.4 Å². The van der Waals surface area contributed by atoms with Crippen molar-refractivity contribution in [1.82, 2.24) is 0 Å². The summed E-state index contributed by atoms with van der Waals surface area (Å²) in [6.07, 6.45) is 0. The van der Waals surface area contributed by atoms with E-state index in [9.17, 15) is 38.2 Å². The molecule has 0 heterocycles. The summed E-state index contributed by atoms with van der Waals surface area (Å²) < 4.78 is 132. The van der Waals surface area contributed by atoms with Gasteiger partial charge in [-0.15, -0.1) is 24.0 Å². The van der Waals surface area contributed by atoms with Crippen molar-refractivity contribution in [2.75, 3.05) is 36.2 Å². The van der Waals surface area contributed by atoms with Crippen LogP contribution in [-0.2, 0) is 67.3 Å². The molecule has 3 aromatic rings. The summed E-state index contributed by atoms with van der Waals surface area (Å²) in [6.45, 7) is 0.0827. The molecule has 0 bridgehead atoms. The average Bonchev–Trinajstić information content (AvgIpc) is 3.07. The van der Waals surface area contributed by atoms with Gasteiger partial charge in [-0.05, 0) is 55.0 Å². The molecule has 0 aliphatic heterocycles. The van der Waals surface area contributed by atoms with Gasteiger partial charge in [0.15, 0.2) is 32.0 Å². The summed E-state index contributed by atoms with van der Waals surface area (Å²) in [6, 6.07) is 7.18. The molecule has 8 N–H and O–H groups in total. The van der Waals surface area contributed by atoms with Crippen molar-refractivity contribution in [2.24, 2.45) is 20.5 Å². The van der Waals surface area contributed by atoms with Crippen LogP contribution in [0.15, 0.2) is 82.5 Å². The predicted molar refractivity (Wildman–Crippen MR) is 182 cm³/mol. The number of nitrogens with zero attached hydrogens (tertiary/aromatic N) is 4. The number of nitrogens with two attached hydrogens (primary N) is 2. The molecule has 0 fully saturated rings. The average molecular weight is 867 g/mol. The maximum Gasteiger partial charge on any atom is 0.397 e. The Bertz CT molecular complexity index is 2290. The van der Waals surface area contributed by atoms with Crippen LogP contribution in [0.3, 0.4) is 0 Å². The zero-order valence-electron chi connectivity index (χ0n) is 26.3. The van der Waals surface area contributed by atoms with Crippen molar-refractivity contribution in [3.8, 4) is 0 Å². The van der Waals surface area contributed by atoms with E-state index in [1.165, 1.54) is 19.1 Å². The van der Waals surface area contributed by atoms with Crippen molar-refractivity contribution in [2.45, 2.75) is 26.5 Å². The number of anilines is 2. The maximum atomic E-state index is 12.7. The minimum atomic E-state index is -5.14. The second-order valence-corrected chi connectivity index (χ2v) is 17.5. The molecule has 0 amide bonds. The molecule has 30 heteroatoms. The first-order chi connectivity index (χ1) is 24.7. The molecule has 0 aromatic heterocycles. The van der Waals surface area contributed by atoms with Crippen molar-refractivity contribution in [1.29, 1.82) is 0 Å². The van der Waals surface area contributed by atoms with Gasteiger partial charge < -0.3 is 11.5 Å². The molecular weight excluding hydrogens is 841 g/mol. The van der Waals surface area contributed by atoms with Gasteiger partial charge in [0.1, 0.15) is 22.0 Å². The van der Waals surface area contributed by atoms with Gasteiger partial charge in [0.2, 0.25) is 0 Å². The van der Waals surface area contributed by atoms with Gasteiger partial charge in [-0.2, -0.15) is 21.9 Å². The van der Waals surface area contributed by atoms with Crippen LogP contribution < -0.4 is 11.5 Å². The molecule has 3 rings (SSSR count). The fourth-order valence-electron chi connectivity index (χ4n) is 3.82. The van der Waals surface area contributed by atoms with Gasteiger partial charge in [0.25, 0.3) is 10.1 Å². The smallest absolute Gasteiger partial charge is 0.397 e. The SMILES string of the molecule is Cc1c(N)c(/N=N/c2ccc(S(=O)(=O)CCOS(=O)(=O)O)cc2)c(N)c(/N=N/c2ccc(S(=O)(=O)CCOSOOO)cc2S(=O)(=O)O)c1SOOO. The maximum absolute atomic E-state index is 12.7. The number of hydrogen-bond acceptors (Lipinski definition) is 24. The predicted octanol–water partition coefficient (Wildman–Crippen LogP) is 4.03. The number of nitrogen functional groups attached to an aromatic ring is 2. The van der Waals surface area contributed by atoms with Gasteiger partial charge in [-0.25, -0.2) is 31.5 Å². The molecule has 0 unspecified atom stereocenters. The van der Waals surface area contributed by atoms with Crippen molar-refractivity contribution in [3.63, 3.8) is 0 Å². The molecule has 0 saturated carbocycles. The quantitative estimate of drug-likeness (QED) is 0.0177. The van der Waals surface area contributed by atoms with Gasteiger partial charge in [0, 0.05) is 0 Å². The van der Waals surface area contributed by atoms with E-state index >= 15 is 0 Å². The molecular formula is C23H26N6O18S6. The van der Waals surface area contributed by atoms with Crippen LogP contribution in [0.5, 0.6) is 0 Å². The van der Waals surface area contributed by atoms with Crippen molar-refractivity contribution < 1.29 is 80.4 Å². The molecule has 0 atom stereocenters. The van der Waals surface area contributed by atoms with E-state index in [0.717, 1.165) is 24.3 Å². The van der Waals surface area contributed by atoms with Crippen LogP contribution in [0.1, 0.15) is 5.56 Å². The van der Waals surface area contributed by atoms with Crippen LogP contribution >= 0.6 is 24.4 Å². The van der Waals surface area contributed by atoms with Crippen molar-refractivity contribution in [3.05, 3.63) is 48.0 Å². The Morgan fingerprint density at radius 2 is 1.30 bits per heavy atom. The summed E-state index contributed by atoms with van der Waals surface area (Å²) in [5.74, 6) is -1.49. The minimum absolute atomic E-state index is 0.0506. The lowest BCUT2D eigenvalue weighted by atomic mass is 10.1. The van der Waals surface area contributed by atoms with E-state index in [0.29, 0.717) is 18.1 Å². The molecule has 0 saturated heterocycles. The van der Waals surface area contributed by atoms with E-state index in [4.69, 9.17) is 30.7 Å². The van der Waals surface area contributed by atoms with Gasteiger partial charge in [-0.1, -0.05) is 10.1 Å². The third kappa shape index (κ3) is 12.6. The van der Waals surface area contributed by atoms with Crippen LogP contribution in [-0.4, -0.2) is 78.0 Å². The zero-order chi connectivity index (χ0) is 39.6. The number of sulfone groups is 2. The first-order valence-electron chi connectivity index (χ1n) is 13.5. The second kappa shape index (κ2) is 18.7. The van der Waals surface area contributed by atoms with E-state index in [-0.39, 0.29) is 56.1 Å². The topological polar surface area (TPSA) is 374 Å². The summed E-state index contributed by atoms with van der Waals surface area (Å²) in [4.78, 5) is -1.85. The third-order valence-corrected chi connectivity index (χ3v) is 12.2. The minimum Gasteiger partial charge on any atom is -0.397 e. The van der Waals surface area contributed by atoms with Crippen LogP contribution in [0.25, 0.3) is 0 Å². The lowest BCUT2D eigenvalue weighted by Gasteiger charge is -2.14. The zero-order valence-corrected chi connectivity index (χ0v) is 31.2. The fraction of sp³-hybridized carbons (Fsp3) is 0.217. The third-order valence-electron chi connectivity index (χ3n) is 6.29. The van der Waals surface area contributed by atoms with Crippen LogP contribution in [0.4, 0.5) is 34.1 Å². The normalized spacial score (nSPS) is 13.0. The monoisotopic (exact) mass is 866 g/mol. The Morgan fingerprint density at radius 3 is 1.91 bits per heavy atom. The Labute approximate surface area is 309 Å². The van der Waals surface area contributed by atoms with Crippen LogP contribution in [0, 0.1) is 6.92 Å². The fourth-order valence-corrected chi connectivity index (χ4v) is 8.03. The summed E-state index contributed by atoms with van der Waals surface area (Å²) in [5, 5.41) is 39.5. The van der Waals surface area contributed by atoms with Gasteiger partial charge >= 0.3 is 10.4 Å². The number of azo groups is 2. The first-order valence-corrected chi connectivity index (χ1v) is 21.0. The number of hydrogen-bond donors (Lipinski definition) is 6. The lowest BCUT2D eigenvalue weighted by molar-refractivity contribution is -0.434. The molecule has 0 aliphatic rings. The highest BCUT2D eigenvalue weighted by Crippen LogP contribution is 2.49. The molecule has 3 aromatic carbocycles. The highest BCUT2D eigenvalue weighted by molar-refractivity contribution is 7.94. The van der Waals surface area contributed by atoms with E-state index in [1.807, 2.05) is 0 Å². The summed E-state index contributed by atoms with van der Waals surface area (Å²) in [5.41, 5.74) is 11.1. The molecule has 0 aliphatic carbocycles. The molecule has 24 nitrogen and oxygen atoms in total. The molecule has 53 heavy (non-hydrogen) atoms. The van der Waals surface area contributed by atoms with E-state index in [1.54, 1.807) is 0 Å². The van der Waals surface area contributed by atoms with Gasteiger partial charge in [0.05, 0.1) is 68.5 Å². The van der Waals surface area contributed by atoms with Crippen LogP contribution in [0.2, 0.25) is 0 Å². The Balaban J connectivity index is 2.01. The largest absolute Gasteiger partial charge is 0.397 e. The Hall–Kier alpha value is -3.44. The molecule has 0 radical (unpaired) electrons. The lowest BCUT2D eigenvalue weighted by Crippen LogP contribution is -2.15. The van der Waals surface area contributed by atoms with Crippen molar-refractivity contribution >= 4 is 98.7 Å².